The van der Waals surface area contributed by atoms with Gasteiger partial charge in [0.15, 0.2) is 0 Å². The molecule has 0 radical (unpaired) electrons. The van der Waals surface area contributed by atoms with Gasteiger partial charge in [0.1, 0.15) is 11.5 Å². The Morgan fingerprint density at radius 2 is 2.06 bits per heavy atom. The third-order valence-electron chi connectivity index (χ3n) is 2.18. The Balaban J connectivity index is 1.99. The summed E-state index contributed by atoms with van der Waals surface area (Å²) >= 11 is 0. The number of pyridine rings is 1. The molecule has 84 valence electrons. The van der Waals surface area contributed by atoms with E-state index in [0.717, 1.165) is 22.8 Å². The monoisotopic (exact) mass is 218 g/mol. The van der Waals surface area contributed by atoms with E-state index in [1.165, 1.54) is 0 Å². The molecule has 0 fully saturated rings. The lowest BCUT2D eigenvalue weighted by Gasteiger charge is -2.05. The van der Waals surface area contributed by atoms with Gasteiger partial charge >= 0.3 is 0 Å². The molecule has 0 aliphatic heterocycles. The van der Waals surface area contributed by atoms with Gasteiger partial charge in [-0.05, 0) is 13.0 Å². The second-order valence-corrected chi connectivity index (χ2v) is 3.49. The Labute approximate surface area is 93.9 Å². The molecule has 0 saturated heterocycles. The fourth-order valence-corrected chi connectivity index (χ4v) is 1.37. The van der Waals surface area contributed by atoms with E-state index in [1.54, 1.807) is 12.4 Å². The van der Waals surface area contributed by atoms with Crippen LogP contribution in [0.5, 0.6) is 0 Å². The number of hydrogen-bond donors (Lipinski definition) is 2. The van der Waals surface area contributed by atoms with Crippen molar-refractivity contribution in [2.24, 2.45) is 0 Å². The van der Waals surface area contributed by atoms with E-state index in [0.29, 0.717) is 6.54 Å². The zero-order valence-electron chi connectivity index (χ0n) is 9.32. The maximum Gasteiger partial charge on any atom is 0.133 e. The second kappa shape index (κ2) is 4.65. The highest BCUT2D eigenvalue weighted by atomic mass is 16.5. The molecule has 0 spiro atoms. The van der Waals surface area contributed by atoms with Gasteiger partial charge in [-0.2, -0.15) is 0 Å². The fourth-order valence-electron chi connectivity index (χ4n) is 1.37. The van der Waals surface area contributed by atoms with E-state index in [9.17, 15) is 0 Å². The van der Waals surface area contributed by atoms with Crippen LogP contribution in [0.4, 0.5) is 11.4 Å². The molecule has 2 rings (SSSR count). The largest absolute Gasteiger partial charge is 0.387 e. The average molecular weight is 218 g/mol. The van der Waals surface area contributed by atoms with Crippen molar-refractivity contribution in [3.05, 3.63) is 36.0 Å². The van der Waals surface area contributed by atoms with Gasteiger partial charge < -0.3 is 15.2 Å². The third-order valence-corrected chi connectivity index (χ3v) is 2.18. The highest BCUT2D eigenvalue weighted by Gasteiger charge is 2.00. The van der Waals surface area contributed by atoms with Gasteiger partial charge in [0.2, 0.25) is 0 Å². The fraction of sp³-hybridized carbons (Fsp3) is 0.273. The molecular formula is C11H14N4O. The first-order valence-corrected chi connectivity index (χ1v) is 5.07. The second-order valence-electron chi connectivity index (χ2n) is 3.49. The molecule has 0 atom stereocenters. The van der Waals surface area contributed by atoms with Gasteiger partial charge in [-0.3, -0.25) is 4.98 Å². The van der Waals surface area contributed by atoms with E-state index < -0.39 is 0 Å². The first kappa shape index (κ1) is 10.5. The normalized spacial score (nSPS) is 10.1. The average Bonchev–Trinajstić information content (AvgIpc) is 2.73. The van der Waals surface area contributed by atoms with Gasteiger partial charge in [-0.1, -0.05) is 5.16 Å². The smallest absolute Gasteiger partial charge is 0.133 e. The summed E-state index contributed by atoms with van der Waals surface area (Å²) in [5, 5.41) is 10.2. The summed E-state index contributed by atoms with van der Waals surface area (Å²) in [7, 11) is 1.86. The first-order valence-electron chi connectivity index (χ1n) is 5.07. The van der Waals surface area contributed by atoms with Gasteiger partial charge in [0, 0.05) is 13.1 Å². The van der Waals surface area contributed by atoms with E-state index in [-0.39, 0.29) is 0 Å². The summed E-state index contributed by atoms with van der Waals surface area (Å²) in [6, 6.07) is 3.89. The van der Waals surface area contributed by atoms with E-state index in [2.05, 4.69) is 20.8 Å². The van der Waals surface area contributed by atoms with Crippen molar-refractivity contribution >= 4 is 11.4 Å². The lowest BCUT2D eigenvalue weighted by molar-refractivity contribution is 0.391. The van der Waals surface area contributed by atoms with Crippen LogP contribution in [0, 0.1) is 6.92 Å². The standard InChI is InChI=1S/C11H14N4O/c1-8-3-11(15-16-8)7-14-10-4-9(12-2)5-13-6-10/h3-6,12,14H,7H2,1-2H3. The molecule has 16 heavy (non-hydrogen) atoms. The molecule has 0 aliphatic carbocycles. The predicted molar refractivity (Wildman–Crippen MR) is 62.4 cm³/mol. The van der Waals surface area contributed by atoms with Gasteiger partial charge in [-0.15, -0.1) is 0 Å². The molecule has 2 aromatic heterocycles. The Bertz CT molecular complexity index is 467. The van der Waals surface area contributed by atoms with Crippen LogP contribution in [0.3, 0.4) is 0 Å². The molecule has 2 aromatic rings. The molecule has 0 aromatic carbocycles. The van der Waals surface area contributed by atoms with Crippen molar-refractivity contribution in [1.82, 2.24) is 10.1 Å². The topological polar surface area (TPSA) is 63.0 Å². The van der Waals surface area contributed by atoms with Gasteiger partial charge in [0.25, 0.3) is 0 Å². The number of nitrogens with zero attached hydrogens (tertiary/aromatic N) is 2. The van der Waals surface area contributed by atoms with Crippen molar-refractivity contribution < 1.29 is 4.52 Å². The zero-order chi connectivity index (χ0) is 11.4. The number of nitrogens with one attached hydrogen (secondary N) is 2. The predicted octanol–water partition coefficient (Wildman–Crippen LogP) is 2.03. The maximum absolute atomic E-state index is 4.98. The van der Waals surface area contributed by atoms with Crippen LogP contribution < -0.4 is 10.6 Å². The van der Waals surface area contributed by atoms with Crippen molar-refractivity contribution in [1.29, 1.82) is 0 Å². The van der Waals surface area contributed by atoms with Crippen molar-refractivity contribution in [3.63, 3.8) is 0 Å². The minimum atomic E-state index is 0.631. The summed E-state index contributed by atoms with van der Waals surface area (Å²) in [5.74, 6) is 0.818. The molecule has 2 N–H and O–H groups in total. The SMILES string of the molecule is CNc1cncc(NCc2cc(C)on2)c1. The van der Waals surface area contributed by atoms with Crippen LogP contribution in [-0.2, 0) is 6.54 Å². The highest BCUT2D eigenvalue weighted by molar-refractivity contribution is 5.53. The first-order chi connectivity index (χ1) is 7.78. The lowest BCUT2D eigenvalue weighted by atomic mass is 10.3. The third kappa shape index (κ3) is 2.50. The van der Waals surface area contributed by atoms with Crippen molar-refractivity contribution in [3.8, 4) is 0 Å². The summed E-state index contributed by atoms with van der Waals surface area (Å²) < 4.78 is 4.98. The molecule has 5 heteroatoms. The van der Waals surface area contributed by atoms with Crippen molar-refractivity contribution in [2.75, 3.05) is 17.7 Å². The minimum absolute atomic E-state index is 0.631. The molecule has 0 saturated carbocycles. The van der Waals surface area contributed by atoms with E-state index >= 15 is 0 Å². The van der Waals surface area contributed by atoms with Crippen molar-refractivity contribution in [2.45, 2.75) is 13.5 Å². The number of aryl methyl sites for hydroxylation is 1. The van der Waals surface area contributed by atoms with Crippen LogP contribution in [0.15, 0.2) is 29.0 Å². The molecule has 0 unspecified atom stereocenters. The van der Waals surface area contributed by atoms with Gasteiger partial charge in [-0.25, -0.2) is 0 Å². The maximum atomic E-state index is 4.98. The molecular weight excluding hydrogens is 204 g/mol. The highest BCUT2D eigenvalue weighted by Crippen LogP contribution is 2.13. The Kier molecular flexibility index (Phi) is 3.05. The van der Waals surface area contributed by atoms with Crippen LogP contribution >= 0.6 is 0 Å². The van der Waals surface area contributed by atoms with Crippen LogP contribution in [0.1, 0.15) is 11.5 Å². The van der Waals surface area contributed by atoms with Crippen LogP contribution in [0.2, 0.25) is 0 Å². The summed E-state index contributed by atoms with van der Waals surface area (Å²) in [5.41, 5.74) is 2.81. The number of anilines is 2. The molecule has 0 aliphatic rings. The number of rotatable bonds is 4. The Morgan fingerprint density at radius 3 is 2.75 bits per heavy atom. The summed E-state index contributed by atoms with van der Waals surface area (Å²) in [6.07, 6.45) is 3.54. The lowest BCUT2D eigenvalue weighted by Crippen LogP contribution is -2.00. The number of aromatic nitrogens is 2. The van der Waals surface area contributed by atoms with E-state index in [1.807, 2.05) is 26.1 Å². The molecule has 0 bridgehead atoms. The molecule has 5 nitrogen and oxygen atoms in total. The van der Waals surface area contributed by atoms with Crippen LogP contribution in [0.25, 0.3) is 0 Å². The summed E-state index contributed by atoms with van der Waals surface area (Å²) in [6.45, 7) is 2.51. The zero-order valence-corrected chi connectivity index (χ0v) is 9.32. The quantitative estimate of drug-likeness (QED) is 0.822. The van der Waals surface area contributed by atoms with Gasteiger partial charge in [0.05, 0.1) is 30.3 Å². The summed E-state index contributed by atoms with van der Waals surface area (Å²) in [4.78, 5) is 4.10. The molecule has 0 amide bonds. The number of hydrogen-bond acceptors (Lipinski definition) is 5. The Hall–Kier alpha value is -2.04. The van der Waals surface area contributed by atoms with Crippen LogP contribution in [-0.4, -0.2) is 17.2 Å². The Morgan fingerprint density at radius 1 is 1.25 bits per heavy atom. The van der Waals surface area contributed by atoms with E-state index in [4.69, 9.17) is 4.52 Å². The molecule has 2 heterocycles. The minimum Gasteiger partial charge on any atom is -0.387 e.